The summed E-state index contributed by atoms with van der Waals surface area (Å²) >= 11 is 0. The van der Waals surface area contributed by atoms with Crippen LogP contribution >= 0.6 is 0 Å². The van der Waals surface area contributed by atoms with Gasteiger partial charge in [0.25, 0.3) is 0 Å². The van der Waals surface area contributed by atoms with Gasteiger partial charge in [-0.1, -0.05) is 97.1 Å². The Morgan fingerprint density at radius 2 is 1.51 bits per heavy atom. The zero-order valence-corrected chi connectivity index (χ0v) is 20.9. The van der Waals surface area contributed by atoms with Crippen molar-refractivity contribution in [3.8, 4) is 0 Å². The fourth-order valence-electron chi connectivity index (χ4n) is 7.81. The summed E-state index contributed by atoms with van der Waals surface area (Å²) in [6.45, 7) is 2.15. The van der Waals surface area contributed by atoms with Crippen LogP contribution in [-0.4, -0.2) is 17.6 Å². The molecule has 7 rings (SSSR count). The summed E-state index contributed by atoms with van der Waals surface area (Å²) in [5.74, 6) is 0.0274. The summed E-state index contributed by atoms with van der Waals surface area (Å²) in [6, 6.07) is 32.5. The number of fused-ring (bicyclic) bond motifs is 2. The number of nitrogens with one attached hydrogen (secondary N) is 1. The molecular formula is C34H29NO2. The van der Waals surface area contributed by atoms with E-state index in [0.29, 0.717) is 6.42 Å². The third-order valence-electron chi connectivity index (χ3n) is 9.05. The summed E-state index contributed by atoms with van der Waals surface area (Å²) in [7, 11) is 0. The predicted molar refractivity (Wildman–Crippen MR) is 147 cm³/mol. The van der Waals surface area contributed by atoms with E-state index in [1.165, 1.54) is 0 Å². The van der Waals surface area contributed by atoms with Crippen LogP contribution in [0.15, 0.2) is 103 Å². The van der Waals surface area contributed by atoms with E-state index < -0.39 is 11.0 Å². The topological polar surface area (TPSA) is 46.2 Å². The number of hydrogen-bond donors (Lipinski definition) is 1. The summed E-state index contributed by atoms with van der Waals surface area (Å²) in [5.41, 5.74) is 2.64. The third kappa shape index (κ3) is 2.86. The van der Waals surface area contributed by atoms with Crippen molar-refractivity contribution in [2.75, 3.05) is 0 Å². The van der Waals surface area contributed by atoms with Crippen LogP contribution in [0.4, 0.5) is 0 Å². The van der Waals surface area contributed by atoms with Gasteiger partial charge in [-0.25, -0.2) is 0 Å². The zero-order valence-electron chi connectivity index (χ0n) is 20.9. The number of benzene rings is 4. The summed E-state index contributed by atoms with van der Waals surface area (Å²) in [6.07, 6.45) is 4.32. The van der Waals surface area contributed by atoms with Crippen LogP contribution in [0.25, 0.3) is 16.8 Å². The normalized spacial score (nSPS) is 29.7. The number of carbonyl (C=O) groups is 2. The number of Topliss-reactive ketones (excluding diaryl/α,β-unsaturated/α-hetero) is 2. The first-order valence-electron chi connectivity index (χ1n) is 13.3. The highest BCUT2D eigenvalue weighted by atomic mass is 16.1. The van der Waals surface area contributed by atoms with E-state index in [4.69, 9.17) is 0 Å². The van der Waals surface area contributed by atoms with Crippen LogP contribution in [0.1, 0.15) is 59.2 Å². The molecule has 0 bridgehead atoms. The van der Waals surface area contributed by atoms with Crippen LogP contribution in [0.2, 0.25) is 0 Å². The van der Waals surface area contributed by atoms with Gasteiger partial charge in [-0.2, -0.15) is 0 Å². The molecule has 4 atom stereocenters. The number of hydrogen-bond acceptors (Lipinski definition) is 3. The Kier molecular flexibility index (Phi) is 4.90. The average Bonchev–Trinajstić information content (AvgIpc) is 3.33. The van der Waals surface area contributed by atoms with Gasteiger partial charge < -0.3 is 0 Å². The average molecular weight is 484 g/mol. The Hall–Kier alpha value is -3.82. The molecule has 2 spiro atoms. The highest BCUT2D eigenvalue weighted by molar-refractivity contribution is 6.24. The quantitative estimate of drug-likeness (QED) is 0.318. The summed E-state index contributed by atoms with van der Waals surface area (Å²) in [4.78, 5) is 29.7. The molecule has 1 N–H and O–H groups in total. The van der Waals surface area contributed by atoms with Crippen molar-refractivity contribution in [2.24, 2.45) is 5.41 Å². The number of allylic oxidation sites excluding steroid dienone is 1. The smallest absolute Gasteiger partial charge is 0.189 e. The molecule has 1 unspecified atom stereocenters. The minimum Gasteiger partial charge on any atom is -0.297 e. The van der Waals surface area contributed by atoms with E-state index in [1.807, 2.05) is 66.7 Å². The lowest BCUT2D eigenvalue weighted by Gasteiger charge is -2.47. The second kappa shape index (κ2) is 8.09. The highest BCUT2D eigenvalue weighted by Crippen LogP contribution is 2.65. The van der Waals surface area contributed by atoms with Crippen molar-refractivity contribution in [1.82, 2.24) is 5.32 Å². The van der Waals surface area contributed by atoms with Gasteiger partial charge in [0.15, 0.2) is 11.6 Å². The molecule has 0 aromatic heterocycles. The first kappa shape index (κ1) is 22.4. The molecule has 4 aromatic rings. The lowest BCUT2D eigenvalue weighted by molar-refractivity contribution is -0.130. The van der Waals surface area contributed by atoms with E-state index >= 15 is 0 Å². The Morgan fingerprint density at radius 1 is 0.811 bits per heavy atom. The third-order valence-corrected chi connectivity index (χ3v) is 9.05. The molecule has 1 saturated carbocycles. The van der Waals surface area contributed by atoms with E-state index in [1.54, 1.807) is 0 Å². The number of rotatable bonds is 2. The van der Waals surface area contributed by atoms with Crippen molar-refractivity contribution < 1.29 is 9.59 Å². The Balaban J connectivity index is 1.53. The molecule has 2 fully saturated rings. The lowest BCUT2D eigenvalue weighted by Crippen LogP contribution is -2.59. The molecule has 3 heteroatoms. The molecule has 3 aliphatic rings. The van der Waals surface area contributed by atoms with Crippen LogP contribution in [0.3, 0.4) is 0 Å². The Morgan fingerprint density at radius 3 is 2.27 bits per heavy atom. The fraction of sp³-hybridized carbons (Fsp3) is 0.235. The van der Waals surface area contributed by atoms with Gasteiger partial charge in [0.1, 0.15) is 5.54 Å². The zero-order chi connectivity index (χ0) is 25.2. The first-order valence-corrected chi connectivity index (χ1v) is 13.3. The Labute approximate surface area is 217 Å². The van der Waals surface area contributed by atoms with Crippen molar-refractivity contribution in [3.63, 3.8) is 0 Å². The molecule has 1 saturated heterocycles. The standard InChI is InChI=1S/C34H29NO2/c1-22-30(25-13-6-3-7-14-25)33(20-10-17-26(31(33)36)21-23-11-4-2-5-12-23)34(35-22)28-19-9-16-24-15-8-18-27(29(24)28)32(34)37/h2-9,11-16,18-19,21-22,30,35H,10,17,20H2,1H3/b26-21+/t22?,30-,33+,34+/m1/s1. The van der Waals surface area contributed by atoms with Crippen LogP contribution in [-0.2, 0) is 10.3 Å². The SMILES string of the molecule is CC1N[C@@]2(C(=O)c3cccc4cccc2c34)[C@@]2(CCC/C(=C\c3ccccc3)C2=O)[C@H]1c1ccccc1. The Bertz CT molecular complexity index is 1580. The maximum Gasteiger partial charge on any atom is 0.189 e. The van der Waals surface area contributed by atoms with Gasteiger partial charge in [0, 0.05) is 17.5 Å². The van der Waals surface area contributed by atoms with E-state index in [-0.39, 0.29) is 23.5 Å². The van der Waals surface area contributed by atoms with Gasteiger partial charge in [-0.05, 0) is 65.3 Å². The molecule has 0 radical (unpaired) electrons. The van der Waals surface area contributed by atoms with Gasteiger partial charge in [0.2, 0.25) is 0 Å². The second-order valence-corrected chi connectivity index (χ2v) is 10.8. The maximum atomic E-state index is 15.0. The van der Waals surface area contributed by atoms with Crippen molar-refractivity contribution in [1.29, 1.82) is 0 Å². The van der Waals surface area contributed by atoms with Crippen molar-refractivity contribution in [2.45, 2.75) is 43.7 Å². The largest absolute Gasteiger partial charge is 0.297 e. The van der Waals surface area contributed by atoms with Crippen LogP contribution < -0.4 is 5.32 Å². The van der Waals surface area contributed by atoms with Gasteiger partial charge >= 0.3 is 0 Å². The summed E-state index contributed by atoms with van der Waals surface area (Å²) in [5, 5.41) is 5.86. The van der Waals surface area contributed by atoms with Crippen molar-refractivity contribution in [3.05, 3.63) is 125 Å². The minimum atomic E-state index is -1.09. The van der Waals surface area contributed by atoms with E-state index in [0.717, 1.165) is 51.4 Å². The monoisotopic (exact) mass is 483 g/mol. The van der Waals surface area contributed by atoms with E-state index in [9.17, 15) is 9.59 Å². The summed E-state index contributed by atoms with van der Waals surface area (Å²) < 4.78 is 0. The van der Waals surface area contributed by atoms with Gasteiger partial charge in [0.05, 0.1) is 5.41 Å². The van der Waals surface area contributed by atoms with Crippen LogP contribution in [0.5, 0.6) is 0 Å². The lowest BCUT2D eigenvalue weighted by atomic mass is 9.52. The molecule has 1 heterocycles. The van der Waals surface area contributed by atoms with E-state index in [2.05, 4.69) is 48.6 Å². The van der Waals surface area contributed by atoms with Crippen molar-refractivity contribution >= 4 is 28.4 Å². The highest BCUT2D eigenvalue weighted by Gasteiger charge is 2.72. The number of carbonyl (C=O) groups excluding carboxylic acids is 2. The molecular weight excluding hydrogens is 454 g/mol. The molecule has 2 aliphatic carbocycles. The molecule has 1 aliphatic heterocycles. The molecule has 37 heavy (non-hydrogen) atoms. The maximum absolute atomic E-state index is 15.0. The number of ketones is 2. The molecule has 182 valence electrons. The second-order valence-electron chi connectivity index (χ2n) is 10.8. The predicted octanol–water partition coefficient (Wildman–Crippen LogP) is 6.83. The molecule has 4 aromatic carbocycles. The fourth-order valence-corrected chi connectivity index (χ4v) is 7.81. The minimum absolute atomic E-state index is 0.0406. The van der Waals surface area contributed by atoms with Gasteiger partial charge in [-0.3, -0.25) is 14.9 Å². The first-order chi connectivity index (χ1) is 18.1. The molecule has 0 amide bonds. The van der Waals surface area contributed by atoms with Crippen LogP contribution in [0, 0.1) is 5.41 Å². The van der Waals surface area contributed by atoms with Gasteiger partial charge in [-0.15, -0.1) is 0 Å². The molecule has 3 nitrogen and oxygen atoms in total.